The number of hydrogen-bond donors (Lipinski definition) is 0. The van der Waals surface area contributed by atoms with Crippen LogP contribution in [0.1, 0.15) is 49.3 Å². The summed E-state index contributed by atoms with van der Waals surface area (Å²) in [6, 6.07) is 8.16. The number of nitrogens with zero attached hydrogens (tertiary/aromatic N) is 4. The predicted molar refractivity (Wildman–Crippen MR) is 121 cm³/mol. The van der Waals surface area contributed by atoms with Crippen molar-refractivity contribution in [1.29, 1.82) is 0 Å². The van der Waals surface area contributed by atoms with Crippen LogP contribution >= 0.6 is 11.5 Å². The first-order valence-corrected chi connectivity index (χ1v) is 12.0. The van der Waals surface area contributed by atoms with Gasteiger partial charge in [-0.3, -0.25) is 9.69 Å². The molecule has 8 heteroatoms. The Morgan fingerprint density at radius 3 is 2.90 bits per heavy atom. The van der Waals surface area contributed by atoms with Crippen LogP contribution in [-0.2, 0) is 9.53 Å². The number of hydrogen-bond acceptors (Lipinski definition) is 7. The number of carbonyl (C=O) groups excluding carboxylic acids is 1. The molecule has 3 heterocycles. The maximum atomic E-state index is 13.2. The molecule has 4 rings (SSSR count). The normalized spacial score (nSPS) is 24.5. The van der Waals surface area contributed by atoms with E-state index in [0.29, 0.717) is 19.6 Å². The van der Waals surface area contributed by atoms with Gasteiger partial charge < -0.3 is 14.4 Å². The molecule has 1 aromatic heterocycles. The van der Waals surface area contributed by atoms with E-state index in [1.54, 1.807) is 7.11 Å². The monoisotopic (exact) mass is 444 g/mol. The molecule has 0 bridgehead atoms. The van der Waals surface area contributed by atoms with Crippen LogP contribution in [0.3, 0.4) is 0 Å². The molecule has 2 aliphatic heterocycles. The molecule has 2 aliphatic rings. The number of rotatable bonds is 8. The number of amides is 1. The topological polar surface area (TPSA) is 67.8 Å². The lowest BCUT2D eigenvalue weighted by Crippen LogP contribution is -2.45. The molecular weight excluding hydrogens is 412 g/mol. The molecule has 2 fully saturated rings. The maximum absolute atomic E-state index is 13.2. The van der Waals surface area contributed by atoms with Gasteiger partial charge in [0, 0.05) is 43.5 Å². The quantitative estimate of drug-likeness (QED) is 0.623. The van der Waals surface area contributed by atoms with Crippen LogP contribution < -0.4 is 4.74 Å². The molecule has 0 spiro atoms. The van der Waals surface area contributed by atoms with Crippen molar-refractivity contribution in [3.05, 3.63) is 40.9 Å². The van der Waals surface area contributed by atoms with Crippen LogP contribution in [0.2, 0.25) is 0 Å². The summed E-state index contributed by atoms with van der Waals surface area (Å²) in [5.74, 6) is 1.36. The van der Waals surface area contributed by atoms with E-state index in [0.717, 1.165) is 50.4 Å². The van der Waals surface area contributed by atoms with Crippen molar-refractivity contribution in [3.8, 4) is 5.75 Å². The van der Waals surface area contributed by atoms with Crippen LogP contribution in [0.25, 0.3) is 0 Å². The summed E-state index contributed by atoms with van der Waals surface area (Å²) in [6.45, 7) is 6.56. The van der Waals surface area contributed by atoms with Crippen LogP contribution in [0, 0.1) is 0 Å². The summed E-state index contributed by atoms with van der Waals surface area (Å²) in [7, 11) is 1.68. The molecule has 0 N–H and O–H groups in total. The molecule has 31 heavy (non-hydrogen) atoms. The summed E-state index contributed by atoms with van der Waals surface area (Å²) in [4.78, 5) is 17.5. The fourth-order valence-electron chi connectivity index (χ4n) is 4.72. The Morgan fingerprint density at radius 2 is 2.13 bits per heavy atom. The third-order valence-corrected chi connectivity index (χ3v) is 6.85. The average Bonchev–Trinajstić information content (AvgIpc) is 3.48. The van der Waals surface area contributed by atoms with E-state index in [1.807, 2.05) is 22.4 Å². The van der Waals surface area contributed by atoms with E-state index >= 15 is 0 Å². The second kappa shape index (κ2) is 10.5. The van der Waals surface area contributed by atoms with Gasteiger partial charge in [-0.15, -0.1) is 5.10 Å². The fourth-order valence-corrected chi connectivity index (χ4v) is 5.24. The van der Waals surface area contributed by atoms with Crippen molar-refractivity contribution >= 4 is 17.4 Å². The lowest BCUT2D eigenvalue weighted by molar-refractivity contribution is -0.132. The standard InChI is InChI=1S/C23H32N4O3S/c1-3-10-30-19-8-5-9-26(12-19)15-23(28)27-13-20(17-6-4-7-18(11-17)29-2)21(14-27)22-16-31-25-24-22/h4,6-7,11,16,19-21H,3,5,8-10,12-15H2,1-2H3/t19?,20-,21+/m0/s1. The molecule has 0 aliphatic carbocycles. The third kappa shape index (κ3) is 5.42. The van der Waals surface area contributed by atoms with Crippen LogP contribution in [0.15, 0.2) is 29.6 Å². The van der Waals surface area contributed by atoms with Gasteiger partial charge in [-0.05, 0) is 55.0 Å². The lowest BCUT2D eigenvalue weighted by atomic mass is 9.87. The second-order valence-corrected chi connectivity index (χ2v) is 9.10. The Labute approximate surface area is 188 Å². The van der Waals surface area contributed by atoms with Crippen molar-refractivity contribution in [2.24, 2.45) is 0 Å². The Bertz CT molecular complexity index is 847. The van der Waals surface area contributed by atoms with Gasteiger partial charge in [0.1, 0.15) is 5.75 Å². The minimum atomic E-state index is 0.150. The second-order valence-electron chi connectivity index (χ2n) is 8.49. The smallest absolute Gasteiger partial charge is 0.236 e. The van der Waals surface area contributed by atoms with Crippen molar-refractivity contribution < 1.29 is 14.3 Å². The summed E-state index contributed by atoms with van der Waals surface area (Å²) in [5, 5.41) is 6.34. The molecule has 2 saturated heterocycles. The van der Waals surface area contributed by atoms with Crippen LogP contribution in [-0.4, -0.2) is 77.8 Å². The summed E-state index contributed by atoms with van der Waals surface area (Å²) in [5.41, 5.74) is 2.15. The Morgan fingerprint density at radius 1 is 1.26 bits per heavy atom. The molecule has 0 saturated carbocycles. The molecule has 168 valence electrons. The van der Waals surface area contributed by atoms with E-state index in [2.05, 4.69) is 33.5 Å². The minimum absolute atomic E-state index is 0.150. The zero-order chi connectivity index (χ0) is 21.6. The summed E-state index contributed by atoms with van der Waals surface area (Å²) >= 11 is 1.36. The Kier molecular flexibility index (Phi) is 7.53. The van der Waals surface area contributed by atoms with E-state index in [4.69, 9.17) is 9.47 Å². The fraction of sp³-hybridized carbons (Fsp3) is 0.609. The van der Waals surface area contributed by atoms with Crippen molar-refractivity contribution in [1.82, 2.24) is 19.4 Å². The van der Waals surface area contributed by atoms with Crippen molar-refractivity contribution in [2.45, 2.75) is 44.1 Å². The van der Waals surface area contributed by atoms with Gasteiger partial charge in [0.25, 0.3) is 0 Å². The summed E-state index contributed by atoms with van der Waals surface area (Å²) in [6.07, 6.45) is 3.45. The van der Waals surface area contributed by atoms with E-state index < -0.39 is 0 Å². The Balaban J connectivity index is 1.44. The molecule has 1 unspecified atom stereocenters. The first-order chi connectivity index (χ1) is 15.2. The molecule has 7 nitrogen and oxygen atoms in total. The number of ether oxygens (including phenoxy) is 2. The van der Waals surface area contributed by atoms with Crippen molar-refractivity contribution in [3.63, 3.8) is 0 Å². The molecule has 1 amide bonds. The summed E-state index contributed by atoms with van der Waals surface area (Å²) < 4.78 is 15.4. The SMILES string of the molecule is CCCOC1CCCN(CC(=O)N2C[C@@H](c3cccc(OC)c3)[C@H](c3csnn3)C2)C1. The average molecular weight is 445 g/mol. The first kappa shape index (κ1) is 22.2. The van der Waals surface area contributed by atoms with Gasteiger partial charge in [0.05, 0.1) is 25.5 Å². The highest BCUT2D eigenvalue weighted by Gasteiger charge is 2.39. The Hall–Kier alpha value is -2.03. The van der Waals surface area contributed by atoms with Crippen LogP contribution in [0.4, 0.5) is 0 Å². The maximum Gasteiger partial charge on any atom is 0.236 e. The van der Waals surface area contributed by atoms with E-state index in [9.17, 15) is 4.79 Å². The van der Waals surface area contributed by atoms with E-state index in [1.165, 1.54) is 17.1 Å². The van der Waals surface area contributed by atoms with Gasteiger partial charge in [0.2, 0.25) is 5.91 Å². The molecule has 3 atom stereocenters. The highest BCUT2D eigenvalue weighted by molar-refractivity contribution is 7.03. The molecule has 0 radical (unpaired) electrons. The van der Waals surface area contributed by atoms with Gasteiger partial charge in [-0.25, -0.2) is 0 Å². The molecule has 2 aromatic rings. The largest absolute Gasteiger partial charge is 0.497 e. The van der Waals surface area contributed by atoms with Gasteiger partial charge in [-0.2, -0.15) is 0 Å². The first-order valence-electron chi connectivity index (χ1n) is 11.2. The van der Waals surface area contributed by atoms with Crippen molar-refractivity contribution in [2.75, 3.05) is 46.4 Å². The third-order valence-electron chi connectivity index (χ3n) is 6.33. The highest BCUT2D eigenvalue weighted by atomic mass is 32.1. The predicted octanol–water partition coefficient (Wildman–Crippen LogP) is 3.15. The molecular formula is C23H32N4O3S. The highest BCUT2D eigenvalue weighted by Crippen LogP contribution is 2.40. The lowest BCUT2D eigenvalue weighted by Gasteiger charge is -2.33. The zero-order valence-electron chi connectivity index (χ0n) is 18.4. The zero-order valence-corrected chi connectivity index (χ0v) is 19.2. The minimum Gasteiger partial charge on any atom is -0.497 e. The van der Waals surface area contributed by atoms with Crippen LogP contribution in [0.5, 0.6) is 5.75 Å². The number of benzene rings is 1. The number of aromatic nitrogens is 2. The number of piperidine rings is 1. The van der Waals surface area contributed by atoms with Gasteiger partial charge in [-0.1, -0.05) is 23.5 Å². The number of likely N-dealkylation sites (tertiary alicyclic amines) is 2. The molecule has 1 aromatic carbocycles. The number of carbonyl (C=O) groups is 1. The van der Waals surface area contributed by atoms with Gasteiger partial charge >= 0.3 is 0 Å². The van der Waals surface area contributed by atoms with E-state index in [-0.39, 0.29) is 23.8 Å². The number of methoxy groups -OCH3 is 1. The van der Waals surface area contributed by atoms with Gasteiger partial charge in [0.15, 0.2) is 0 Å².